The fraction of sp³-hybridized carbons (Fsp3) is 0.214. The topological polar surface area (TPSA) is 82.0 Å². The van der Waals surface area contributed by atoms with Crippen molar-refractivity contribution in [3.8, 4) is 11.5 Å². The van der Waals surface area contributed by atoms with Crippen molar-refractivity contribution >= 4 is 28.9 Å². The van der Waals surface area contributed by atoms with Crippen LogP contribution < -0.4 is 0 Å². The van der Waals surface area contributed by atoms with Gasteiger partial charge in [-0.15, -0.1) is 5.10 Å². The maximum atomic E-state index is 5.27. The maximum Gasteiger partial charge on any atom is 0.258 e. The Bertz CT molecular complexity index is 959. The lowest BCUT2D eigenvalue weighted by molar-refractivity contribution is 0.425. The van der Waals surface area contributed by atoms with Gasteiger partial charge in [0.1, 0.15) is 0 Å². The van der Waals surface area contributed by atoms with E-state index in [4.69, 9.17) is 4.52 Å². The van der Waals surface area contributed by atoms with E-state index in [0.717, 1.165) is 17.0 Å². The molecule has 0 aliphatic heterocycles. The van der Waals surface area contributed by atoms with Crippen LogP contribution in [0.25, 0.3) is 17.2 Å². The van der Waals surface area contributed by atoms with Crippen LogP contribution in [-0.4, -0.2) is 29.7 Å². The monoisotopic (exact) mass is 344 g/mol. The summed E-state index contributed by atoms with van der Waals surface area (Å²) >= 11 is 3.06. The van der Waals surface area contributed by atoms with Gasteiger partial charge < -0.3 is 4.52 Å². The zero-order chi connectivity index (χ0) is 15.8. The average molecular weight is 344 g/mol. The molecule has 0 aliphatic rings. The number of aromatic nitrogens is 6. The molecule has 4 aromatic heterocycles. The molecule has 7 nitrogen and oxygen atoms in total. The Morgan fingerprint density at radius 2 is 2.17 bits per heavy atom. The molecule has 0 N–H and O–H groups in total. The largest absolute Gasteiger partial charge is 0.334 e. The molecule has 0 aromatic carbocycles. The highest BCUT2D eigenvalue weighted by molar-refractivity contribution is 7.98. The minimum atomic E-state index is 0.540. The maximum absolute atomic E-state index is 5.27. The van der Waals surface area contributed by atoms with Gasteiger partial charge in [-0.1, -0.05) is 16.9 Å². The van der Waals surface area contributed by atoms with Gasteiger partial charge in [0.25, 0.3) is 11.7 Å². The molecule has 4 aromatic rings. The smallest absolute Gasteiger partial charge is 0.258 e. The van der Waals surface area contributed by atoms with Crippen molar-refractivity contribution in [3.63, 3.8) is 0 Å². The summed E-state index contributed by atoms with van der Waals surface area (Å²) in [5, 5.41) is 13.0. The Morgan fingerprint density at radius 1 is 1.26 bits per heavy atom. The third-order valence-electron chi connectivity index (χ3n) is 3.17. The van der Waals surface area contributed by atoms with Gasteiger partial charge >= 0.3 is 0 Å². The predicted octanol–water partition coefficient (Wildman–Crippen LogP) is 3.14. The summed E-state index contributed by atoms with van der Waals surface area (Å²) in [5.41, 5.74) is 2.88. The molecule has 0 amide bonds. The summed E-state index contributed by atoms with van der Waals surface area (Å²) < 4.78 is 7.00. The van der Waals surface area contributed by atoms with Crippen molar-refractivity contribution in [1.29, 1.82) is 0 Å². The van der Waals surface area contributed by atoms with Gasteiger partial charge in [0, 0.05) is 16.8 Å². The van der Waals surface area contributed by atoms with Crippen LogP contribution in [0.1, 0.15) is 17.2 Å². The lowest BCUT2D eigenvalue weighted by Crippen LogP contribution is -1.97. The fourth-order valence-electron chi connectivity index (χ4n) is 2.15. The second-order valence-corrected chi connectivity index (χ2v) is 6.68. The van der Waals surface area contributed by atoms with Crippen LogP contribution in [0.2, 0.25) is 0 Å². The molecule has 23 heavy (non-hydrogen) atoms. The molecular formula is C14H12N6OS2. The second-order valence-electron chi connectivity index (χ2n) is 4.96. The molecule has 4 heterocycles. The molecule has 0 atom stereocenters. The highest BCUT2D eigenvalue weighted by Gasteiger charge is 2.12. The zero-order valence-corrected chi connectivity index (χ0v) is 14.1. The van der Waals surface area contributed by atoms with Gasteiger partial charge in [0.05, 0.1) is 11.3 Å². The Balaban J connectivity index is 1.52. The summed E-state index contributed by atoms with van der Waals surface area (Å²) in [6.07, 6.45) is 0. The Hall–Kier alpha value is -2.26. The first-order chi connectivity index (χ1) is 11.2. The molecule has 0 aliphatic carbocycles. The van der Waals surface area contributed by atoms with Gasteiger partial charge in [0.2, 0.25) is 5.16 Å². The van der Waals surface area contributed by atoms with Gasteiger partial charge in [0.15, 0.2) is 5.82 Å². The van der Waals surface area contributed by atoms with E-state index in [0.29, 0.717) is 28.4 Å². The van der Waals surface area contributed by atoms with E-state index in [1.54, 1.807) is 15.9 Å². The van der Waals surface area contributed by atoms with Gasteiger partial charge in [-0.2, -0.15) is 21.3 Å². The third-order valence-corrected chi connectivity index (χ3v) is 4.68. The number of thiophene rings is 1. The van der Waals surface area contributed by atoms with Crippen LogP contribution in [-0.2, 0) is 5.75 Å². The number of rotatable bonds is 4. The van der Waals surface area contributed by atoms with Crippen molar-refractivity contribution < 1.29 is 4.52 Å². The van der Waals surface area contributed by atoms with E-state index in [1.807, 2.05) is 36.7 Å². The lowest BCUT2D eigenvalue weighted by atomic mass is 10.3. The minimum absolute atomic E-state index is 0.540. The molecular weight excluding hydrogens is 332 g/mol. The number of fused-ring (bicyclic) bond motifs is 1. The number of nitrogens with zero attached hydrogens (tertiary/aromatic N) is 6. The van der Waals surface area contributed by atoms with E-state index in [-0.39, 0.29) is 0 Å². The molecule has 4 rings (SSSR count). The molecule has 0 saturated carbocycles. The minimum Gasteiger partial charge on any atom is -0.334 e. The quantitative estimate of drug-likeness (QED) is 0.526. The predicted molar refractivity (Wildman–Crippen MR) is 87.4 cm³/mol. The van der Waals surface area contributed by atoms with Crippen molar-refractivity contribution in [2.75, 3.05) is 0 Å². The summed E-state index contributed by atoms with van der Waals surface area (Å²) in [5.74, 6) is 2.31. The number of aryl methyl sites for hydroxylation is 2. The Labute approximate surface area is 139 Å². The van der Waals surface area contributed by atoms with E-state index < -0.39 is 0 Å². The first-order valence-corrected chi connectivity index (χ1v) is 8.81. The van der Waals surface area contributed by atoms with Crippen LogP contribution in [0.3, 0.4) is 0 Å². The fourth-order valence-corrected chi connectivity index (χ4v) is 3.44. The van der Waals surface area contributed by atoms with E-state index in [2.05, 4.69) is 25.2 Å². The van der Waals surface area contributed by atoms with Crippen molar-refractivity contribution in [3.05, 3.63) is 40.1 Å². The molecule has 9 heteroatoms. The van der Waals surface area contributed by atoms with Gasteiger partial charge in [-0.05, 0) is 31.4 Å². The van der Waals surface area contributed by atoms with Crippen LogP contribution in [0.5, 0.6) is 0 Å². The summed E-state index contributed by atoms with van der Waals surface area (Å²) in [6.45, 7) is 3.93. The van der Waals surface area contributed by atoms with E-state index >= 15 is 0 Å². The standard InChI is InChI=1S/C14H12N6OS2/c1-8-5-9(2)20-13(15-8)17-14(18-20)23-7-11-16-12(21-19-11)10-3-4-22-6-10/h3-6H,7H2,1-2H3. The number of hydrogen-bond acceptors (Lipinski definition) is 8. The second kappa shape index (κ2) is 5.74. The molecule has 116 valence electrons. The van der Waals surface area contributed by atoms with Crippen LogP contribution in [0.4, 0.5) is 0 Å². The zero-order valence-electron chi connectivity index (χ0n) is 12.4. The normalized spacial score (nSPS) is 11.4. The number of hydrogen-bond donors (Lipinski definition) is 0. The Morgan fingerprint density at radius 3 is 3.00 bits per heavy atom. The van der Waals surface area contributed by atoms with Gasteiger partial charge in [-0.3, -0.25) is 0 Å². The van der Waals surface area contributed by atoms with Crippen LogP contribution >= 0.6 is 23.1 Å². The average Bonchev–Trinajstić information content (AvgIpc) is 3.24. The first kappa shape index (κ1) is 14.3. The van der Waals surface area contributed by atoms with Gasteiger partial charge in [-0.25, -0.2) is 9.50 Å². The van der Waals surface area contributed by atoms with Crippen LogP contribution in [0.15, 0.2) is 32.6 Å². The van der Waals surface area contributed by atoms with Crippen LogP contribution in [0, 0.1) is 13.8 Å². The molecule has 0 unspecified atom stereocenters. The molecule has 0 saturated heterocycles. The SMILES string of the molecule is Cc1cc(C)n2nc(SCc3noc(-c4ccsc4)n3)nc2n1. The summed E-state index contributed by atoms with van der Waals surface area (Å²) in [7, 11) is 0. The van der Waals surface area contributed by atoms with Crippen molar-refractivity contribution in [2.24, 2.45) is 0 Å². The lowest BCUT2D eigenvalue weighted by Gasteiger charge is -1.97. The third kappa shape index (κ3) is 2.84. The van der Waals surface area contributed by atoms with Crippen molar-refractivity contribution in [1.82, 2.24) is 29.7 Å². The Kier molecular flexibility index (Phi) is 3.58. The highest BCUT2D eigenvalue weighted by atomic mass is 32.2. The molecule has 0 bridgehead atoms. The molecule has 0 spiro atoms. The number of thioether (sulfide) groups is 1. The summed E-state index contributed by atoms with van der Waals surface area (Å²) in [4.78, 5) is 13.2. The summed E-state index contributed by atoms with van der Waals surface area (Å²) in [6, 6.07) is 3.93. The molecule has 0 radical (unpaired) electrons. The van der Waals surface area contributed by atoms with E-state index in [1.165, 1.54) is 11.8 Å². The van der Waals surface area contributed by atoms with Crippen molar-refractivity contribution in [2.45, 2.75) is 24.8 Å². The molecule has 0 fully saturated rings. The van der Waals surface area contributed by atoms with E-state index in [9.17, 15) is 0 Å². The first-order valence-electron chi connectivity index (χ1n) is 6.88. The highest BCUT2D eigenvalue weighted by Crippen LogP contribution is 2.23.